The summed E-state index contributed by atoms with van der Waals surface area (Å²) < 4.78 is 41.7. The molecular formula is C92H110Cl3N15O9S3. The zero-order valence-corrected chi connectivity index (χ0v) is 75.8. The van der Waals surface area contributed by atoms with Crippen LogP contribution in [-0.4, -0.2) is 159 Å². The van der Waals surface area contributed by atoms with Gasteiger partial charge in [-0.05, 0) is 287 Å². The summed E-state index contributed by atoms with van der Waals surface area (Å²) in [6.45, 7) is 23.4. The Morgan fingerprint density at radius 2 is 0.869 bits per heavy atom. The van der Waals surface area contributed by atoms with Crippen LogP contribution in [0, 0.1) is 47.0 Å². The first-order valence-corrected chi connectivity index (χ1v) is 43.2. The molecule has 12 heterocycles. The summed E-state index contributed by atoms with van der Waals surface area (Å²) in [5.41, 5.74) is 10.8. The molecule has 0 spiro atoms. The van der Waals surface area contributed by atoms with Crippen LogP contribution in [0.2, 0.25) is 0 Å². The van der Waals surface area contributed by atoms with Gasteiger partial charge >= 0.3 is 6.09 Å². The number of nitrogens with zero attached hydrogens (tertiary/aromatic N) is 15. The molecule has 0 atom stereocenters. The van der Waals surface area contributed by atoms with Crippen LogP contribution in [0.1, 0.15) is 159 Å². The summed E-state index contributed by atoms with van der Waals surface area (Å²) in [5, 5.41) is 35.3. The van der Waals surface area contributed by atoms with Crippen molar-refractivity contribution in [2.45, 2.75) is 156 Å². The van der Waals surface area contributed by atoms with Crippen molar-refractivity contribution < 1.29 is 42.1 Å². The molecule has 646 valence electrons. The molecule has 0 bridgehead atoms. The maximum absolute atomic E-state index is 12.3. The van der Waals surface area contributed by atoms with E-state index in [0.717, 1.165) is 221 Å². The fourth-order valence-corrected chi connectivity index (χ4v) is 17.4. The number of nitriles is 2. The number of halogens is 3. The quantitative estimate of drug-likeness (QED) is 0.0312. The number of fused-ring (bicyclic) bond motifs is 3. The number of likely N-dealkylation sites (tertiary alicyclic amines) is 3. The fourth-order valence-electron chi connectivity index (χ4n) is 15.1. The highest BCUT2D eigenvalue weighted by Crippen LogP contribution is 2.38. The second kappa shape index (κ2) is 47.7. The lowest BCUT2D eigenvalue weighted by molar-refractivity contribution is 0.0181. The standard InChI is InChI=1S/2C29H33N5O2S.C28H38N4O4.C6H3NOS.3ClH/c2*1-33(2)19-26-28(35-20-22-5-3-4-14-31-22)11-9-25-27(32-36-29(25)26)10-6-21-12-15-34(16-13-21)18-24-8-7-23(17-30)37-24;1-28(2,3)35-27(33)32-16-13-20(14-17-32)9-11-24-22-10-12-25(34-19-21-8-6-7-15-29-21)23(18-31(4)5)26(22)36-30-24;1-7-6-3-2-5(4-8)9-6;;;/h2*3-5,7-9,11,14,21H,6,10,12-13,15-16,18-20H2,1-2H3;6-8,10,12,15,20H,9,11,13-14,16-19H2,1-5H3;2-4H;3*1H. The maximum Gasteiger partial charge on any atom is 0.410 e. The molecule has 3 aliphatic heterocycles. The number of amides is 1. The Morgan fingerprint density at radius 1 is 0.508 bits per heavy atom. The topological polar surface area (TPSA) is 259 Å². The van der Waals surface area contributed by atoms with Gasteiger partial charge in [0.15, 0.2) is 23.0 Å². The van der Waals surface area contributed by atoms with Crippen LogP contribution in [0.25, 0.3) is 37.8 Å². The van der Waals surface area contributed by atoms with Crippen molar-refractivity contribution in [1.29, 1.82) is 10.5 Å². The number of hydrogen-bond donors (Lipinski definition) is 0. The number of piperidine rings is 3. The molecule has 3 aromatic carbocycles. The number of benzene rings is 3. The molecule has 15 rings (SSSR count). The normalized spacial score (nSPS) is 14.1. The van der Waals surface area contributed by atoms with Crippen LogP contribution in [0.5, 0.6) is 17.2 Å². The highest BCUT2D eigenvalue weighted by Gasteiger charge is 2.30. The Morgan fingerprint density at radius 3 is 1.16 bits per heavy atom. The Kier molecular flexibility index (Phi) is 37.5. The first kappa shape index (κ1) is 95.9. The van der Waals surface area contributed by atoms with Gasteiger partial charge in [0.05, 0.1) is 62.3 Å². The number of pyridine rings is 3. The molecular weight excluding hydrogens is 1660 g/mol. The summed E-state index contributed by atoms with van der Waals surface area (Å²) in [6, 6.07) is 45.6. The number of ether oxygens (including phenoxy) is 4. The van der Waals surface area contributed by atoms with E-state index in [2.05, 4.69) is 102 Å². The highest BCUT2D eigenvalue weighted by molar-refractivity contribution is 7.17. The molecule has 0 aliphatic carbocycles. The van der Waals surface area contributed by atoms with Gasteiger partial charge in [-0.15, -0.1) is 59.9 Å². The van der Waals surface area contributed by atoms with E-state index in [9.17, 15) is 9.59 Å². The van der Waals surface area contributed by atoms with E-state index in [4.69, 9.17) is 49.6 Å². The summed E-state index contributed by atoms with van der Waals surface area (Å²) in [6.07, 6.45) is 18.6. The van der Waals surface area contributed by atoms with Gasteiger partial charge in [-0.1, -0.05) is 39.7 Å². The third-order valence-electron chi connectivity index (χ3n) is 21.2. The minimum absolute atomic E-state index is 0. The summed E-state index contributed by atoms with van der Waals surface area (Å²) >= 11 is 4.43. The molecule has 9 aromatic heterocycles. The Balaban J connectivity index is 0.000000195. The maximum atomic E-state index is 12.3. The lowest BCUT2D eigenvalue weighted by Gasteiger charge is -2.33. The van der Waals surface area contributed by atoms with Crippen LogP contribution < -0.4 is 14.2 Å². The molecule has 12 aromatic rings. The molecule has 1 amide bonds. The summed E-state index contributed by atoms with van der Waals surface area (Å²) in [4.78, 5) is 56.6. The predicted molar refractivity (Wildman–Crippen MR) is 487 cm³/mol. The number of rotatable bonds is 29. The number of carbonyl (C=O) groups is 2. The molecule has 3 saturated heterocycles. The number of hydrogen-bond acceptors (Lipinski definition) is 25. The van der Waals surface area contributed by atoms with E-state index in [0.29, 0.717) is 67.1 Å². The van der Waals surface area contributed by atoms with Crippen LogP contribution in [0.4, 0.5) is 9.80 Å². The largest absolute Gasteiger partial charge is 0.487 e. The Hall–Kier alpha value is -9.90. The van der Waals surface area contributed by atoms with E-state index in [-0.39, 0.29) is 43.3 Å². The molecule has 0 radical (unpaired) electrons. The minimum Gasteiger partial charge on any atom is -0.487 e. The molecule has 0 saturated carbocycles. The molecule has 3 aliphatic rings. The van der Waals surface area contributed by atoms with Crippen molar-refractivity contribution in [1.82, 2.24) is 59.8 Å². The molecule has 0 N–H and O–H groups in total. The van der Waals surface area contributed by atoms with Crippen LogP contribution in [-0.2, 0) is 76.5 Å². The average Bonchev–Trinajstić information content (AvgIpc) is 1.64. The van der Waals surface area contributed by atoms with Crippen molar-refractivity contribution in [3.8, 4) is 29.4 Å². The van der Waals surface area contributed by atoms with Gasteiger partial charge in [0.2, 0.25) is 5.00 Å². The minimum atomic E-state index is -0.462. The third-order valence-corrected chi connectivity index (χ3v) is 24.1. The summed E-state index contributed by atoms with van der Waals surface area (Å²) in [5.74, 6) is 4.37. The first-order chi connectivity index (χ1) is 57.7. The Bertz CT molecular complexity index is 5150. The van der Waals surface area contributed by atoms with E-state index in [1.54, 1.807) is 53.4 Å². The number of thiophene rings is 3. The highest BCUT2D eigenvalue weighted by atomic mass is 35.5. The molecule has 3 fully saturated rings. The third kappa shape index (κ3) is 28.1. The van der Waals surface area contributed by atoms with Crippen LogP contribution >= 0.6 is 71.2 Å². The average molecular weight is 1770 g/mol. The SMILES string of the molecule is CN(C)Cc1c(OCc2ccccn2)ccc2c(CCC3CCN(C(=O)OC(C)(C)C)CC3)noc12.CN(C)Cc1c(OCc2ccccn2)ccc2c(CCC3CCN(Cc4ccc(C#N)s4)CC3)noc12.CN(C)Cc1c(OCc2ccccn2)ccc2c(CCC3CCN(Cc4ccc(C#N)s4)CC3)noc12.Cl.Cl.Cl.[C-]#[N+]c1ccc(C=O)s1. The van der Waals surface area contributed by atoms with E-state index in [1.807, 2.05) is 153 Å². The lowest BCUT2D eigenvalue weighted by Crippen LogP contribution is -2.41. The number of aryl methyl sites for hydroxylation is 3. The van der Waals surface area contributed by atoms with Gasteiger partial charge in [0, 0.05) is 90.3 Å². The molecule has 30 heteroatoms. The second-order valence-corrected chi connectivity index (χ2v) is 35.7. The van der Waals surface area contributed by atoms with E-state index in [1.165, 1.54) is 46.8 Å². The number of carbonyl (C=O) groups excluding carboxylic acids is 2. The zero-order chi connectivity index (χ0) is 83.6. The van der Waals surface area contributed by atoms with Crippen molar-refractivity contribution >= 4 is 122 Å². The number of aldehydes is 1. The predicted octanol–water partition coefficient (Wildman–Crippen LogP) is 20.1. The van der Waals surface area contributed by atoms with Gasteiger partial charge in [-0.25, -0.2) is 9.64 Å². The van der Waals surface area contributed by atoms with Gasteiger partial charge < -0.3 is 52.1 Å². The summed E-state index contributed by atoms with van der Waals surface area (Å²) in [7, 11) is 12.3. The number of aromatic nitrogens is 6. The van der Waals surface area contributed by atoms with Gasteiger partial charge in [0.1, 0.15) is 64.6 Å². The lowest BCUT2D eigenvalue weighted by atomic mass is 9.91. The van der Waals surface area contributed by atoms with E-state index < -0.39 is 5.60 Å². The van der Waals surface area contributed by atoms with Crippen molar-refractivity contribution in [3.05, 3.63) is 233 Å². The van der Waals surface area contributed by atoms with Gasteiger partial charge in [0.25, 0.3) is 0 Å². The van der Waals surface area contributed by atoms with Crippen molar-refractivity contribution in [3.63, 3.8) is 0 Å². The first-order valence-electron chi connectivity index (χ1n) is 40.8. The molecule has 0 unspecified atom stereocenters. The van der Waals surface area contributed by atoms with Gasteiger partial charge in [-0.3, -0.25) is 29.5 Å². The van der Waals surface area contributed by atoms with Crippen molar-refractivity contribution in [2.75, 3.05) is 81.6 Å². The molecule has 24 nitrogen and oxygen atoms in total. The Labute approximate surface area is 746 Å². The van der Waals surface area contributed by atoms with Crippen LogP contribution in [0.15, 0.2) is 160 Å². The van der Waals surface area contributed by atoms with Gasteiger partial charge in [-0.2, -0.15) is 21.9 Å². The van der Waals surface area contributed by atoms with Crippen molar-refractivity contribution in [2.24, 2.45) is 17.8 Å². The van der Waals surface area contributed by atoms with Crippen LogP contribution in [0.3, 0.4) is 0 Å². The second-order valence-electron chi connectivity index (χ2n) is 32.3. The van der Waals surface area contributed by atoms with E-state index >= 15 is 0 Å². The smallest absolute Gasteiger partial charge is 0.410 e. The fraction of sp³-hybridized carbons (Fsp3) is 0.424. The molecule has 122 heavy (non-hydrogen) atoms. The zero-order valence-electron chi connectivity index (χ0n) is 70.9. The monoisotopic (exact) mass is 1770 g/mol.